The summed E-state index contributed by atoms with van der Waals surface area (Å²) in [5.41, 5.74) is 3.60. The minimum Gasteiger partial charge on any atom is -0.487 e. The van der Waals surface area contributed by atoms with Gasteiger partial charge in [-0.25, -0.2) is 16.8 Å². The van der Waals surface area contributed by atoms with Gasteiger partial charge in [-0.2, -0.15) is 5.26 Å². The summed E-state index contributed by atoms with van der Waals surface area (Å²) < 4.78 is 58.9. The number of sulfone groups is 1. The molecule has 2 aliphatic heterocycles. The molecule has 0 aromatic heterocycles. The van der Waals surface area contributed by atoms with E-state index >= 15 is 0 Å². The van der Waals surface area contributed by atoms with Gasteiger partial charge in [-0.1, -0.05) is 24.3 Å². The van der Waals surface area contributed by atoms with Crippen LogP contribution in [-0.4, -0.2) is 64.4 Å². The van der Waals surface area contributed by atoms with E-state index in [4.69, 9.17) is 4.74 Å². The van der Waals surface area contributed by atoms with Crippen molar-refractivity contribution in [3.05, 3.63) is 89.0 Å². The van der Waals surface area contributed by atoms with E-state index in [1.165, 1.54) is 23.3 Å². The predicted octanol–water partition coefficient (Wildman–Crippen LogP) is 3.74. The second kappa shape index (κ2) is 12.1. The molecule has 3 aromatic rings. The molecule has 0 bridgehead atoms. The normalized spacial score (nSPS) is 21.1. The number of ether oxygens (including phenoxy) is 1. The molecule has 2 N–H and O–H groups in total. The molecule has 0 radical (unpaired) electrons. The van der Waals surface area contributed by atoms with E-state index in [2.05, 4.69) is 27.1 Å². The van der Waals surface area contributed by atoms with E-state index in [0.717, 1.165) is 51.4 Å². The van der Waals surface area contributed by atoms with E-state index in [1.54, 1.807) is 36.4 Å². The Hall–Kier alpha value is -3.92. The number of nitrogens with one attached hydrogen (secondary N) is 2. The molecular weight excluding hydrogens is 613 g/mol. The lowest BCUT2D eigenvalue weighted by molar-refractivity contribution is -0.120. The van der Waals surface area contributed by atoms with Crippen LogP contribution in [0.15, 0.2) is 71.6 Å². The zero-order chi connectivity index (χ0) is 31.8. The average molecular weight is 649 g/mol. The molecule has 10 nitrogen and oxygen atoms in total. The van der Waals surface area contributed by atoms with E-state index in [0.29, 0.717) is 35.0 Å². The van der Waals surface area contributed by atoms with Gasteiger partial charge in [0.25, 0.3) is 0 Å². The lowest BCUT2D eigenvalue weighted by Gasteiger charge is -2.49. The third kappa shape index (κ3) is 7.01. The SMILES string of the molecule is CS(=O)(=O)Nc1ccc2c(c1)C(NC(=O)CS(=O)(=O)c1ccccc1)CC1(CCN(C3CCc4cc(C#N)ccc4C3)CC1)O2. The van der Waals surface area contributed by atoms with Gasteiger partial charge >= 0.3 is 0 Å². The van der Waals surface area contributed by atoms with Crippen molar-refractivity contribution in [3.63, 3.8) is 0 Å². The maximum Gasteiger partial charge on any atom is 0.236 e. The van der Waals surface area contributed by atoms with Crippen molar-refractivity contribution in [1.29, 1.82) is 5.26 Å². The molecule has 2 atom stereocenters. The molecule has 3 aromatic carbocycles. The highest BCUT2D eigenvalue weighted by Gasteiger charge is 2.45. The second-order valence-corrected chi connectivity index (χ2v) is 16.1. The molecule has 2 unspecified atom stereocenters. The maximum absolute atomic E-state index is 13.2. The molecule has 12 heteroatoms. The number of nitrogens with zero attached hydrogens (tertiary/aromatic N) is 2. The number of fused-ring (bicyclic) bond motifs is 2. The Balaban J connectivity index is 1.20. The van der Waals surface area contributed by atoms with Crippen molar-refractivity contribution >= 4 is 31.5 Å². The summed E-state index contributed by atoms with van der Waals surface area (Å²) in [5, 5.41) is 12.2. The Morgan fingerprint density at radius 2 is 1.78 bits per heavy atom. The minimum atomic E-state index is -3.86. The van der Waals surface area contributed by atoms with Crippen molar-refractivity contribution in [2.24, 2.45) is 0 Å². The van der Waals surface area contributed by atoms with Crippen molar-refractivity contribution in [3.8, 4) is 11.8 Å². The third-order valence-electron chi connectivity index (χ3n) is 9.11. The van der Waals surface area contributed by atoms with Crippen LogP contribution >= 0.6 is 0 Å². The molecule has 1 saturated heterocycles. The number of carbonyl (C=O) groups excluding carboxylic acids is 1. The summed E-state index contributed by atoms with van der Waals surface area (Å²) in [6.07, 6.45) is 5.82. The van der Waals surface area contributed by atoms with Gasteiger partial charge in [0, 0.05) is 36.8 Å². The predicted molar refractivity (Wildman–Crippen MR) is 170 cm³/mol. The van der Waals surface area contributed by atoms with Gasteiger partial charge in [-0.3, -0.25) is 14.4 Å². The highest BCUT2D eigenvalue weighted by atomic mass is 32.2. The van der Waals surface area contributed by atoms with Gasteiger partial charge in [0.2, 0.25) is 15.9 Å². The molecule has 3 aliphatic rings. The number of anilines is 1. The number of likely N-dealkylation sites (tertiary alicyclic amines) is 1. The number of benzene rings is 3. The minimum absolute atomic E-state index is 0.0758. The zero-order valence-corrected chi connectivity index (χ0v) is 26.7. The van der Waals surface area contributed by atoms with Crippen molar-refractivity contribution < 1.29 is 26.4 Å². The number of hydrogen-bond donors (Lipinski definition) is 2. The highest BCUT2D eigenvalue weighted by Crippen LogP contribution is 2.46. The highest BCUT2D eigenvalue weighted by molar-refractivity contribution is 7.92. The Labute approximate surface area is 264 Å². The van der Waals surface area contributed by atoms with Crippen LogP contribution in [0.3, 0.4) is 0 Å². The van der Waals surface area contributed by atoms with Crippen LogP contribution in [0.2, 0.25) is 0 Å². The molecular formula is C33H36N4O6S2. The molecule has 1 aliphatic carbocycles. The lowest BCUT2D eigenvalue weighted by atomic mass is 9.79. The quantitative estimate of drug-likeness (QED) is 0.394. The summed E-state index contributed by atoms with van der Waals surface area (Å²) in [6.45, 7) is 1.62. The summed E-state index contributed by atoms with van der Waals surface area (Å²) >= 11 is 0. The number of amides is 1. The number of nitriles is 1. The molecule has 1 fully saturated rings. The number of carbonyl (C=O) groups is 1. The summed E-state index contributed by atoms with van der Waals surface area (Å²) in [5.74, 6) is -0.791. The van der Waals surface area contributed by atoms with Gasteiger partial charge in [0.15, 0.2) is 9.84 Å². The van der Waals surface area contributed by atoms with Gasteiger partial charge < -0.3 is 10.1 Å². The van der Waals surface area contributed by atoms with E-state index in [-0.39, 0.29) is 4.90 Å². The topological polar surface area (TPSA) is 146 Å². The van der Waals surface area contributed by atoms with Crippen LogP contribution in [-0.2, 0) is 37.5 Å². The first-order chi connectivity index (χ1) is 21.4. The van der Waals surface area contributed by atoms with Gasteiger partial charge in [-0.15, -0.1) is 0 Å². The van der Waals surface area contributed by atoms with E-state index in [1.807, 2.05) is 12.1 Å². The third-order valence-corrected chi connectivity index (χ3v) is 11.4. The average Bonchev–Trinajstić information content (AvgIpc) is 3.00. The monoisotopic (exact) mass is 648 g/mol. The van der Waals surface area contributed by atoms with Crippen molar-refractivity contribution in [2.75, 3.05) is 29.8 Å². The Kier molecular flexibility index (Phi) is 8.37. The number of rotatable bonds is 7. The summed E-state index contributed by atoms with van der Waals surface area (Å²) in [7, 11) is -7.40. The molecule has 236 valence electrons. The largest absolute Gasteiger partial charge is 0.487 e. The van der Waals surface area contributed by atoms with E-state index in [9.17, 15) is 26.9 Å². The van der Waals surface area contributed by atoms with Crippen LogP contribution in [0, 0.1) is 11.3 Å². The fourth-order valence-corrected chi connectivity index (χ4v) is 8.64. The first-order valence-electron chi connectivity index (χ1n) is 15.1. The van der Waals surface area contributed by atoms with Crippen LogP contribution in [0.4, 0.5) is 5.69 Å². The first-order valence-corrected chi connectivity index (χ1v) is 18.6. The molecule has 1 spiro atoms. The van der Waals surface area contributed by atoms with Crippen molar-refractivity contribution in [1.82, 2.24) is 10.2 Å². The number of piperidine rings is 1. The van der Waals surface area contributed by atoms with Crippen LogP contribution in [0.1, 0.15) is 54.0 Å². The smallest absolute Gasteiger partial charge is 0.236 e. The van der Waals surface area contributed by atoms with Crippen LogP contribution in [0.5, 0.6) is 5.75 Å². The zero-order valence-electron chi connectivity index (χ0n) is 25.0. The Morgan fingerprint density at radius 1 is 1.02 bits per heavy atom. The summed E-state index contributed by atoms with van der Waals surface area (Å²) in [4.78, 5) is 15.8. The fraction of sp³-hybridized carbons (Fsp3) is 0.394. The molecule has 45 heavy (non-hydrogen) atoms. The van der Waals surface area contributed by atoms with Gasteiger partial charge in [0.05, 0.1) is 28.8 Å². The van der Waals surface area contributed by atoms with Crippen molar-refractivity contribution in [2.45, 2.75) is 61.1 Å². The molecule has 6 rings (SSSR count). The number of hydrogen-bond acceptors (Lipinski definition) is 8. The fourth-order valence-electron chi connectivity index (χ4n) is 6.92. The molecule has 2 heterocycles. The van der Waals surface area contributed by atoms with E-state index < -0.39 is 43.2 Å². The maximum atomic E-state index is 13.2. The van der Waals surface area contributed by atoms with Crippen LogP contribution in [0.25, 0.3) is 0 Å². The van der Waals surface area contributed by atoms with Gasteiger partial charge in [-0.05, 0) is 85.7 Å². The lowest BCUT2D eigenvalue weighted by Crippen LogP contribution is -2.55. The molecule has 1 amide bonds. The number of aryl methyl sites for hydroxylation is 1. The standard InChI is InChI=1S/C33H36N4O6S2/c1-44(39,40)36-26-10-12-31-29(19-26)30(35-32(38)22-45(41,42)28-5-3-2-4-6-28)20-33(43-31)13-15-37(16-14-33)27-11-9-24-17-23(21-34)7-8-25(24)18-27/h2-8,10,12,17,19,27,30,36H,9,11,13-16,18,20,22H2,1H3,(H,35,38). The summed E-state index contributed by atoms with van der Waals surface area (Å²) in [6, 6.07) is 20.9. The Morgan fingerprint density at radius 3 is 2.49 bits per heavy atom. The van der Waals surface area contributed by atoms with Gasteiger partial charge in [0.1, 0.15) is 17.1 Å². The molecule has 0 saturated carbocycles. The Bertz CT molecular complexity index is 1860. The first kappa shape index (κ1) is 31.1. The second-order valence-electron chi connectivity index (χ2n) is 12.3. The van der Waals surface area contributed by atoms with Crippen LogP contribution < -0.4 is 14.8 Å². The number of sulfonamides is 1.